The summed E-state index contributed by atoms with van der Waals surface area (Å²) in [5.74, 6) is 0. The second-order valence-electron chi connectivity index (χ2n) is 10.9. The number of halogens is 2. The van der Waals surface area contributed by atoms with E-state index in [2.05, 4.69) is 72.9 Å². The van der Waals surface area contributed by atoms with Gasteiger partial charge in [-0.05, 0) is 130 Å². The number of benzene rings is 2. The first-order valence-corrected chi connectivity index (χ1v) is 22.1. The molecule has 0 bridgehead atoms. The van der Waals surface area contributed by atoms with Gasteiger partial charge in [0.05, 0.1) is 22.8 Å². The number of thiol groups is 2. The van der Waals surface area contributed by atoms with Gasteiger partial charge in [0.2, 0.25) is 0 Å². The van der Waals surface area contributed by atoms with Crippen molar-refractivity contribution in [3.8, 4) is 22.8 Å². The second kappa shape index (κ2) is 25.2. The molecule has 2 aromatic carbocycles. The van der Waals surface area contributed by atoms with Crippen LogP contribution >= 0.6 is 44.1 Å². The molecule has 0 saturated heterocycles. The topological polar surface area (TPSA) is 51.6 Å². The molecule has 6 aromatic rings. The molecule has 4 aromatic heterocycles. The van der Waals surface area contributed by atoms with Crippen molar-refractivity contribution in [2.75, 3.05) is 0 Å². The maximum atomic E-state index is 4.94. The van der Waals surface area contributed by atoms with Crippen LogP contribution in [0.25, 0.3) is 22.8 Å². The Kier molecular flexibility index (Phi) is 23.2. The first-order valence-electron chi connectivity index (χ1n) is 14.8. The van der Waals surface area contributed by atoms with Crippen molar-refractivity contribution in [1.82, 2.24) is 19.9 Å². The summed E-state index contributed by atoms with van der Waals surface area (Å²) in [7, 11) is 9.75. The molecule has 0 unspecified atom stereocenters. The third-order valence-electron chi connectivity index (χ3n) is 6.42. The number of hydrogen-bond acceptors (Lipinski definition) is 8. The maximum absolute atomic E-state index is 4.94. The minimum absolute atomic E-state index is 0. The molecule has 6 rings (SSSR count). The second-order valence-corrected chi connectivity index (χ2v) is 16.0. The third kappa shape index (κ3) is 18.1. The molecular weight excluding hydrogens is 1100 g/mol. The van der Waals surface area contributed by atoms with E-state index in [1.807, 2.05) is 124 Å². The summed E-state index contributed by atoms with van der Waals surface area (Å²) in [4.78, 5) is 20.6. The van der Waals surface area contributed by atoms with Crippen LogP contribution in [0.4, 0.5) is 0 Å². The van der Waals surface area contributed by atoms with Gasteiger partial charge in [0, 0.05) is 34.6 Å². The Balaban J connectivity index is 0.000000329. The third-order valence-corrected chi connectivity index (χ3v) is 8.18. The molecule has 0 saturated carbocycles. The van der Waals surface area contributed by atoms with Crippen molar-refractivity contribution < 1.29 is 37.5 Å². The fourth-order valence-corrected chi connectivity index (χ4v) is 4.75. The van der Waals surface area contributed by atoms with E-state index in [0.29, 0.717) is 0 Å². The summed E-state index contributed by atoms with van der Waals surface area (Å²) in [6.45, 7) is 12.3. The van der Waals surface area contributed by atoms with Gasteiger partial charge < -0.3 is 25.3 Å². The number of pyridine rings is 4. The van der Waals surface area contributed by atoms with Crippen LogP contribution in [0.15, 0.2) is 129 Å². The zero-order valence-electron chi connectivity index (χ0n) is 28.3. The molecule has 0 spiro atoms. The smallest absolute Gasteiger partial charge is 2.00 e. The zero-order valence-corrected chi connectivity index (χ0v) is 37.8. The number of aryl methyl sites for hydroxylation is 6. The Morgan fingerprint density at radius 3 is 1.00 bits per heavy atom. The first-order chi connectivity index (χ1) is 23.3. The molecule has 0 aliphatic rings. The minimum Gasteiger partial charge on any atom is 2.00 e. The molecule has 0 atom stereocenters. The van der Waals surface area contributed by atoms with Gasteiger partial charge in [-0.2, -0.15) is 9.79 Å². The number of hydrogen-bond donors (Lipinski definition) is 2. The van der Waals surface area contributed by atoms with Crippen molar-refractivity contribution in [3.05, 3.63) is 143 Å². The molecule has 268 valence electrons. The summed E-state index contributed by atoms with van der Waals surface area (Å²) in [5.41, 5.74) is 11.0. The van der Waals surface area contributed by atoms with Crippen LogP contribution in [0.2, 0.25) is 0 Å². The van der Waals surface area contributed by atoms with Gasteiger partial charge in [-0.1, -0.05) is 29.8 Å². The Morgan fingerprint density at radius 1 is 0.440 bits per heavy atom. The average molecular weight is 1140 g/mol. The Morgan fingerprint density at radius 2 is 0.740 bits per heavy atom. The number of aromatic nitrogens is 4. The molecule has 0 amide bonds. The molecule has 0 fully saturated rings. The summed E-state index contributed by atoms with van der Waals surface area (Å²) in [6, 6.07) is 27.8. The summed E-state index contributed by atoms with van der Waals surface area (Å²) >= 11 is 17.7. The molecule has 0 N–H and O–H groups in total. The van der Waals surface area contributed by atoms with E-state index in [-0.39, 0.29) is 21.1 Å². The average Bonchev–Trinajstić information content (AvgIpc) is 3.06. The zero-order chi connectivity index (χ0) is 36.3. The molecule has 4 heterocycles. The fourth-order valence-electron chi connectivity index (χ4n) is 3.95. The van der Waals surface area contributed by atoms with Gasteiger partial charge >= 0.3 is 56.4 Å². The fraction of sp³-hybridized carbons (Fsp3) is 0.158. The molecule has 12 heteroatoms. The van der Waals surface area contributed by atoms with Crippen molar-refractivity contribution >= 4 is 69.4 Å². The van der Waals surface area contributed by atoms with E-state index in [4.69, 9.17) is 44.1 Å². The molecule has 0 aliphatic carbocycles. The van der Waals surface area contributed by atoms with Crippen LogP contribution in [0.5, 0.6) is 0 Å². The SMILES string of the molecule is Cc1ccc(S)c(S)c1.Cc1ccc([S-])c([S-])c1.Cc1ccnc(-c2cc(C)ccn2)c1.Cc1ccnc(-c2cc(C)ccn2)c1.[Cl][Pt][Cl].[Pt+2]. The molecule has 0 radical (unpaired) electrons. The van der Waals surface area contributed by atoms with Crippen LogP contribution in [0, 0.1) is 41.5 Å². The maximum Gasteiger partial charge on any atom is 2.00 e. The minimum atomic E-state index is -0.472. The van der Waals surface area contributed by atoms with E-state index in [1.54, 1.807) is 0 Å². The van der Waals surface area contributed by atoms with E-state index in [0.717, 1.165) is 42.4 Å². The Labute approximate surface area is 350 Å². The first kappa shape index (κ1) is 46.2. The largest absolute Gasteiger partial charge is 2.00 e. The molecular formula is C38H38Cl2N4Pt2S4. The van der Waals surface area contributed by atoms with Gasteiger partial charge in [0.25, 0.3) is 0 Å². The molecule has 0 aliphatic heterocycles. The summed E-state index contributed by atoms with van der Waals surface area (Å²) < 4.78 is 0. The van der Waals surface area contributed by atoms with Crippen LogP contribution in [-0.4, -0.2) is 19.9 Å². The van der Waals surface area contributed by atoms with Crippen LogP contribution < -0.4 is 0 Å². The number of nitrogens with zero attached hydrogens (tertiary/aromatic N) is 4. The van der Waals surface area contributed by atoms with Crippen molar-refractivity contribution in [2.45, 2.75) is 61.1 Å². The van der Waals surface area contributed by atoms with Crippen molar-refractivity contribution in [2.24, 2.45) is 0 Å². The molecule has 4 nitrogen and oxygen atoms in total. The Hall–Kier alpha value is -1.86. The summed E-state index contributed by atoms with van der Waals surface area (Å²) in [5, 5.41) is 0. The Bertz CT molecular complexity index is 1690. The van der Waals surface area contributed by atoms with E-state index in [1.165, 1.54) is 33.4 Å². The van der Waals surface area contributed by atoms with Gasteiger partial charge in [-0.15, -0.1) is 25.3 Å². The van der Waals surface area contributed by atoms with E-state index >= 15 is 0 Å². The van der Waals surface area contributed by atoms with Crippen LogP contribution in [0.1, 0.15) is 33.4 Å². The monoisotopic (exact) mass is 1140 g/mol. The van der Waals surface area contributed by atoms with Crippen molar-refractivity contribution in [3.63, 3.8) is 0 Å². The summed E-state index contributed by atoms with van der Waals surface area (Å²) in [6.07, 6.45) is 7.26. The van der Waals surface area contributed by atoms with E-state index in [9.17, 15) is 0 Å². The van der Waals surface area contributed by atoms with Gasteiger partial charge in [0.15, 0.2) is 0 Å². The standard InChI is InChI=1S/2C12H12N2.2C7H8S2.2ClH.2Pt/c2*1-9-3-5-13-11(7-9)12-8-10(2)4-6-14-12;2*1-5-2-3-6(8)7(9)4-5;;;;/h2*3-8H,1-2H3;2*2-4,8-9H,1H3;2*1H;;/q;;;;;;2*+2/p-4. The quantitative estimate of drug-likeness (QED) is 0.133. The predicted octanol–water partition coefficient (Wildman–Crippen LogP) is 11.3. The van der Waals surface area contributed by atoms with Gasteiger partial charge in [-0.25, -0.2) is 0 Å². The normalized spacial score (nSPS) is 9.56. The van der Waals surface area contributed by atoms with Gasteiger partial charge in [0.1, 0.15) is 0 Å². The van der Waals surface area contributed by atoms with Crippen LogP contribution in [-0.2, 0) is 62.8 Å². The van der Waals surface area contributed by atoms with E-state index < -0.39 is 16.5 Å². The van der Waals surface area contributed by atoms with Crippen LogP contribution in [0.3, 0.4) is 0 Å². The predicted molar refractivity (Wildman–Crippen MR) is 214 cm³/mol. The van der Waals surface area contributed by atoms with Crippen molar-refractivity contribution in [1.29, 1.82) is 0 Å². The van der Waals surface area contributed by atoms with Gasteiger partial charge in [-0.3, -0.25) is 19.9 Å². The molecule has 50 heavy (non-hydrogen) atoms. The number of rotatable bonds is 2.